The molecule has 0 aromatic carbocycles. The summed E-state index contributed by atoms with van der Waals surface area (Å²) in [5.41, 5.74) is -1.35. The number of halogens is 6. The van der Waals surface area contributed by atoms with Crippen LogP contribution in [0.25, 0.3) is 0 Å². The Balaban J connectivity index is 3.18. The van der Waals surface area contributed by atoms with Crippen LogP contribution in [0.2, 0.25) is 0 Å². The van der Waals surface area contributed by atoms with Crippen molar-refractivity contribution < 1.29 is 31.1 Å². The van der Waals surface area contributed by atoms with Crippen LogP contribution in [-0.2, 0) is 6.18 Å². The molecule has 0 atom stereocenters. The first-order valence-corrected chi connectivity index (χ1v) is 4.28. The highest BCUT2D eigenvalue weighted by Crippen LogP contribution is 2.38. The summed E-state index contributed by atoms with van der Waals surface area (Å²) in [7, 11) is 0. The molecule has 0 bridgehead atoms. The zero-order valence-corrected chi connectivity index (χ0v) is 7.56. The minimum Gasteiger partial charge on any atom is -0.284 e. The summed E-state index contributed by atoms with van der Waals surface area (Å²) in [6, 6.07) is 0.517. The quantitative estimate of drug-likeness (QED) is 0.549. The molecule has 1 rings (SSSR count). The van der Waals surface area contributed by atoms with Gasteiger partial charge < -0.3 is 0 Å². The van der Waals surface area contributed by atoms with Crippen molar-refractivity contribution in [2.45, 2.75) is 12.4 Å². The molecular weight excluding hydrogens is 246 g/mol. The number of carbonyl (C=O) groups is 1. The van der Waals surface area contributed by atoms with E-state index in [4.69, 9.17) is 0 Å². The lowest BCUT2D eigenvalue weighted by molar-refractivity contribution is -0.135. The lowest BCUT2D eigenvalue weighted by atomic mass is 10.1. The van der Waals surface area contributed by atoms with Crippen LogP contribution in [0.3, 0.4) is 0 Å². The number of hydrogen-bond donors (Lipinski definition) is 0. The van der Waals surface area contributed by atoms with Crippen molar-refractivity contribution in [2.24, 2.45) is 0 Å². The minimum absolute atomic E-state index is 0.0551. The molecule has 0 aliphatic rings. The molecule has 0 unspecified atom stereocenters. The van der Waals surface area contributed by atoms with E-state index in [1.165, 1.54) is 0 Å². The standard InChI is InChI=1S/C7H2F6OS/c8-6(9,10)4(14)3-1-2-15-5(3)7(11,12)13/h1-2H. The van der Waals surface area contributed by atoms with E-state index < -0.39 is 28.6 Å². The number of thiophene rings is 1. The van der Waals surface area contributed by atoms with Gasteiger partial charge in [-0.1, -0.05) is 0 Å². The summed E-state index contributed by atoms with van der Waals surface area (Å²) >= 11 is 0.0551. The topological polar surface area (TPSA) is 17.1 Å². The van der Waals surface area contributed by atoms with Crippen LogP contribution in [0.5, 0.6) is 0 Å². The van der Waals surface area contributed by atoms with Crippen LogP contribution in [-0.4, -0.2) is 12.0 Å². The molecule has 0 radical (unpaired) electrons. The van der Waals surface area contributed by atoms with E-state index in [1.807, 2.05) is 0 Å². The van der Waals surface area contributed by atoms with Crippen LogP contribution in [0.4, 0.5) is 26.3 Å². The first kappa shape index (κ1) is 12.0. The Kier molecular flexibility index (Phi) is 2.81. The largest absolute Gasteiger partial charge is 0.454 e. The van der Waals surface area contributed by atoms with Gasteiger partial charge in [0.15, 0.2) is 0 Å². The van der Waals surface area contributed by atoms with Crippen LogP contribution < -0.4 is 0 Å². The maximum absolute atomic E-state index is 12.1. The number of Topliss-reactive ketones (excluding diaryl/α,β-unsaturated/α-hetero) is 1. The molecule has 1 aromatic rings. The van der Waals surface area contributed by atoms with Crippen molar-refractivity contribution in [3.63, 3.8) is 0 Å². The monoisotopic (exact) mass is 248 g/mol. The highest BCUT2D eigenvalue weighted by molar-refractivity contribution is 7.10. The Morgan fingerprint density at radius 3 is 2.07 bits per heavy atom. The van der Waals surface area contributed by atoms with Gasteiger partial charge >= 0.3 is 12.4 Å². The summed E-state index contributed by atoms with van der Waals surface area (Å²) in [5, 5.41) is 0.793. The Morgan fingerprint density at radius 2 is 1.67 bits per heavy atom. The van der Waals surface area contributed by atoms with Gasteiger partial charge in [-0.3, -0.25) is 4.79 Å². The zero-order chi connectivity index (χ0) is 11.9. The molecule has 0 aliphatic heterocycles. The molecule has 1 aromatic heterocycles. The van der Waals surface area contributed by atoms with E-state index in [0.717, 1.165) is 5.38 Å². The zero-order valence-electron chi connectivity index (χ0n) is 6.74. The molecule has 1 nitrogen and oxygen atoms in total. The van der Waals surface area contributed by atoms with Crippen molar-refractivity contribution in [1.29, 1.82) is 0 Å². The Bertz CT molecular complexity index is 374. The Hall–Kier alpha value is -1.05. The van der Waals surface area contributed by atoms with E-state index in [9.17, 15) is 31.1 Å². The Labute approximate surface area is 83.3 Å². The van der Waals surface area contributed by atoms with Gasteiger partial charge in [-0.05, 0) is 11.4 Å². The fourth-order valence-electron chi connectivity index (χ4n) is 0.860. The van der Waals surface area contributed by atoms with E-state index in [0.29, 0.717) is 6.07 Å². The van der Waals surface area contributed by atoms with E-state index in [2.05, 4.69) is 0 Å². The second-order valence-corrected chi connectivity index (χ2v) is 3.40. The summed E-state index contributed by atoms with van der Waals surface area (Å²) in [5.74, 6) is -2.48. The van der Waals surface area contributed by atoms with Gasteiger partial charge in [-0.2, -0.15) is 26.3 Å². The fourth-order valence-corrected chi connectivity index (χ4v) is 1.62. The SMILES string of the molecule is O=C(c1ccsc1C(F)(F)F)C(F)(F)F. The number of alkyl halides is 6. The molecule has 84 valence electrons. The summed E-state index contributed by atoms with van der Waals surface area (Å²) in [6.45, 7) is 0. The first-order valence-electron chi connectivity index (χ1n) is 3.40. The van der Waals surface area contributed by atoms with Crippen molar-refractivity contribution in [1.82, 2.24) is 0 Å². The van der Waals surface area contributed by atoms with Crippen LogP contribution in [0.1, 0.15) is 15.2 Å². The third-order valence-corrected chi connectivity index (χ3v) is 2.38. The van der Waals surface area contributed by atoms with E-state index in [-0.39, 0.29) is 11.3 Å². The molecule has 0 saturated heterocycles. The average molecular weight is 248 g/mol. The smallest absolute Gasteiger partial charge is 0.284 e. The van der Waals surface area contributed by atoms with Gasteiger partial charge in [0.05, 0.1) is 5.56 Å². The summed E-state index contributed by atoms with van der Waals surface area (Å²) < 4.78 is 72.0. The molecular formula is C7H2F6OS. The third-order valence-electron chi connectivity index (χ3n) is 1.42. The normalized spacial score (nSPS) is 12.9. The molecule has 0 spiro atoms. The van der Waals surface area contributed by atoms with Crippen LogP contribution >= 0.6 is 11.3 Å². The maximum Gasteiger partial charge on any atom is 0.454 e. The molecule has 0 saturated carbocycles. The predicted octanol–water partition coefficient (Wildman–Crippen LogP) is 3.51. The third kappa shape index (κ3) is 2.49. The predicted molar refractivity (Wildman–Crippen MR) is 39.7 cm³/mol. The summed E-state index contributed by atoms with van der Waals surface area (Å²) in [6.07, 6.45) is -10.2. The van der Waals surface area contributed by atoms with Crippen molar-refractivity contribution in [2.75, 3.05) is 0 Å². The second kappa shape index (κ2) is 3.51. The highest BCUT2D eigenvalue weighted by atomic mass is 32.1. The second-order valence-electron chi connectivity index (χ2n) is 2.49. The van der Waals surface area contributed by atoms with Gasteiger partial charge in [0, 0.05) is 0 Å². The van der Waals surface area contributed by atoms with Gasteiger partial charge in [0.2, 0.25) is 0 Å². The van der Waals surface area contributed by atoms with E-state index >= 15 is 0 Å². The molecule has 0 amide bonds. The molecule has 8 heteroatoms. The van der Waals surface area contributed by atoms with Crippen LogP contribution in [0.15, 0.2) is 11.4 Å². The molecule has 0 N–H and O–H groups in total. The molecule has 0 fully saturated rings. The summed E-state index contributed by atoms with van der Waals surface area (Å²) in [4.78, 5) is 9.05. The number of ketones is 1. The highest BCUT2D eigenvalue weighted by Gasteiger charge is 2.45. The van der Waals surface area contributed by atoms with Crippen LogP contribution in [0, 0.1) is 0 Å². The average Bonchev–Trinajstić information content (AvgIpc) is 2.47. The number of hydrogen-bond acceptors (Lipinski definition) is 2. The van der Waals surface area contributed by atoms with Gasteiger partial charge in [0.25, 0.3) is 5.78 Å². The number of rotatable bonds is 1. The lowest BCUT2D eigenvalue weighted by Gasteiger charge is -2.08. The first-order chi connectivity index (χ1) is 6.64. The Morgan fingerprint density at radius 1 is 1.13 bits per heavy atom. The van der Waals surface area contributed by atoms with Gasteiger partial charge in [-0.15, -0.1) is 11.3 Å². The maximum atomic E-state index is 12.1. The fraction of sp³-hybridized carbons (Fsp3) is 0.286. The molecule has 1 heterocycles. The number of carbonyl (C=O) groups excluding carboxylic acids is 1. The van der Waals surface area contributed by atoms with Crippen molar-refractivity contribution in [3.8, 4) is 0 Å². The molecule has 15 heavy (non-hydrogen) atoms. The van der Waals surface area contributed by atoms with Crippen molar-refractivity contribution in [3.05, 3.63) is 21.9 Å². The van der Waals surface area contributed by atoms with E-state index in [1.54, 1.807) is 0 Å². The van der Waals surface area contributed by atoms with Gasteiger partial charge in [0.1, 0.15) is 4.88 Å². The van der Waals surface area contributed by atoms with Gasteiger partial charge in [-0.25, -0.2) is 0 Å². The lowest BCUT2D eigenvalue weighted by Crippen LogP contribution is -2.24. The van der Waals surface area contributed by atoms with Crippen molar-refractivity contribution >= 4 is 17.1 Å². The minimum atomic E-state index is -5.29. The molecule has 0 aliphatic carbocycles.